The summed E-state index contributed by atoms with van der Waals surface area (Å²) in [6, 6.07) is 10.0. The van der Waals surface area contributed by atoms with E-state index in [0.717, 1.165) is 47.2 Å². The molecule has 1 atom stereocenters. The van der Waals surface area contributed by atoms with Crippen LogP contribution in [0.4, 0.5) is 0 Å². The van der Waals surface area contributed by atoms with Gasteiger partial charge in [0.05, 0.1) is 18.4 Å². The fourth-order valence-corrected chi connectivity index (χ4v) is 3.71. The quantitative estimate of drug-likeness (QED) is 0.479. The first kappa shape index (κ1) is 21.4. The zero-order chi connectivity index (χ0) is 20.7. The van der Waals surface area contributed by atoms with Gasteiger partial charge in [0.25, 0.3) is 0 Å². The van der Waals surface area contributed by atoms with Crippen LogP contribution >= 0.6 is 7.82 Å². The summed E-state index contributed by atoms with van der Waals surface area (Å²) in [5, 5.41) is 4.86. The Balaban J connectivity index is 0.00000320. The Kier molecular flexibility index (Phi) is 7.34. The Morgan fingerprint density at radius 3 is 2.79 bits per heavy atom. The molecule has 0 spiro atoms. The third-order valence-electron chi connectivity index (χ3n) is 4.62. The Morgan fingerprint density at radius 1 is 1.28 bits per heavy atom. The van der Waals surface area contributed by atoms with Crippen LogP contribution in [0.1, 0.15) is 26.3 Å². The van der Waals surface area contributed by atoms with E-state index in [2.05, 4.69) is 27.0 Å². The molecule has 0 fully saturated rings. The van der Waals surface area contributed by atoms with E-state index in [4.69, 9.17) is 4.52 Å². The van der Waals surface area contributed by atoms with E-state index < -0.39 is 7.82 Å². The van der Waals surface area contributed by atoms with E-state index in [1.807, 2.05) is 30.3 Å². The van der Waals surface area contributed by atoms with Crippen molar-refractivity contribution in [3.05, 3.63) is 52.7 Å². The van der Waals surface area contributed by atoms with Crippen molar-refractivity contribution in [1.29, 1.82) is 0 Å². The van der Waals surface area contributed by atoms with E-state index in [0.29, 0.717) is 13.0 Å². The largest absolute Gasteiger partial charge is 0.471 e. The molecular formula is C21H27N2O5P. The van der Waals surface area contributed by atoms with Crippen molar-refractivity contribution in [1.82, 2.24) is 10.3 Å². The Morgan fingerprint density at radius 2 is 2.03 bits per heavy atom. The second-order valence-corrected chi connectivity index (χ2v) is 8.23. The summed E-state index contributed by atoms with van der Waals surface area (Å²) in [5.41, 5.74) is 2.98. The van der Waals surface area contributed by atoms with Gasteiger partial charge in [-0.15, -0.1) is 0 Å². The van der Waals surface area contributed by atoms with Gasteiger partial charge in [-0.3, -0.25) is 18.8 Å². The van der Waals surface area contributed by atoms with E-state index in [1.165, 1.54) is 0 Å². The van der Waals surface area contributed by atoms with E-state index in [9.17, 15) is 14.3 Å². The lowest BCUT2D eigenvalue weighted by Gasteiger charge is -2.13. The summed E-state index contributed by atoms with van der Waals surface area (Å²) >= 11 is 0. The van der Waals surface area contributed by atoms with Crippen LogP contribution < -0.4 is 15.9 Å². The first-order chi connectivity index (χ1) is 14.0. The van der Waals surface area contributed by atoms with Gasteiger partial charge < -0.3 is 10.2 Å². The number of nitrogens with one attached hydrogen (secondary N) is 1. The van der Waals surface area contributed by atoms with Crippen molar-refractivity contribution in [2.24, 2.45) is 0 Å². The molecule has 1 aromatic heterocycles. The molecule has 2 N–H and O–H groups in total. The molecule has 1 aromatic carbocycles. The molecule has 1 amide bonds. The Bertz CT molecular complexity index is 1030. The molecule has 29 heavy (non-hydrogen) atoms. The zero-order valence-electron chi connectivity index (χ0n) is 16.3. The summed E-state index contributed by atoms with van der Waals surface area (Å²) in [5.74, 6) is -0.136. The van der Waals surface area contributed by atoms with Crippen LogP contribution in [0, 0.1) is 0 Å². The van der Waals surface area contributed by atoms with Crippen molar-refractivity contribution in [3.63, 3.8) is 0 Å². The maximum atomic E-state index is 12.5. The number of carbonyl (C=O) groups excluding carboxylic acids is 1. The fraction of sp³-hybridized carbons (Fsp3) is 0.333. The number of phosphoric acid groups is 1. The molecule has 0 saturated heterocycles. The third-order valence-corrected chi connectivity index (χ3v) is 5.59. The number of fused-ring (bicyclic) bond motifs is 1. The van der Waals surface area contributed by atoms with Crippen LogP contribution in [-0.4, -0.2) is 36.0 Å². The number of phosphoric ester groups is 1. The van der Waals surface area contributed by atoms with Crippen molar-refractivity contribution >= 4 is 25.9 Å². The monoisotopic (exact) mass is 418 g/mol. The molecule has 1 aliphatic carbocycles. The smallest absolute Gasteiger partial charge is 0.356 e. The predicted octanol–water partition coefficient (Wildman–Crippen LogP) is 2.16. The number of aromatic nitrogens is 1. The normalized spacial score (nSPS) is 14.8. The van der Waals surface area contributed by atoms with Gasteiger partial charge in [0.2, 0.25) is 5.91 Å². The third kappa shape index (κ3) is 5.84. The molecule has 2 aromatic rings. The fourth-order valence-electron chi connectivity index (χ4n) is 3.25. The molecule has 1 aliphatic rings. The summed E-state index contributed by atoms with van der Waals surface area (Å²) < 4.78 is 20.3. The van der Waals surface area contributed by atoms with Gasteiger partial charge in [-0.2, -0.15) is 0 Å². The number of hydrogen-bond acceptors (Lipinski definition) is 5. The highest BCUT2D eigenvalue weighted by Gasteiger charge is 2.17. The number of nitrogens with zero attached hydrogens (tertiary/aromatic N) is 1. The average molecular weight is 418 g/mol. The minimum Gasteiger partial charge on any atom is -0.356 e. The molecule has 0 saturated carbocycles. The highest BCUT2D eigenvalue weighted by molar-refractivity contribution is 7.47. The zero-order valence-corrected chi connectivity index (χ0v) is 17.2. The molecular weight excluding hydrogens is 391 g/mol. The van der Waals surface area contributed by atoms with E-state index in [1.54, 1.807) is 6.20 Å². The Hall–Kier alpha value is -2.31. The first-order valence-corrected chi connectivity index (χ1v) is 11.0. The highest BCUT2D eigenvalue weighted by atomic mass is 31.2. The van der Waals surface area contributed by atoms with Crippen LogP contribution in [0.15, 0.2) is 36.5 Å². The number of hydrogen-bond donors (Lipinski definition) is 2. The van der Waals surface area contributed by atoms with Crippen LogP contribution in [0.2, 0.25) is 0 Å². The minimum atomic E-state index is -3.97. The maximum Gasteiger partial charge on any atom is 0.471 e. The van der Waals surface area contributed by atoms with Gasteiger partial charge in [-0.05, 0) is 36.0 Å². The number of pyridine rings is 1. The molecule has 3 rings (SSSR count). The van der Waals surface area contributed by atoms with Gasteiger partial charge in [0, 0.05) is 26.5 Å². The summed E-state index contributed by atoms with van der Waals surface area (Å²) in [4.78, 5) is 26.2. The van der Waals surface area contributed by atoms with E-state index in [-0.39, 0.29) is 20.4 Å². The topological polar surface area (TPSA) is 97.8 Å². The van der Waals surface area contributed by atoms with Crippen LogP contribution in [0.3, 0.4) is 0 Å². The lowest BCUT2D eigenvalue weighted by Crippen LogP contribution is -2.34. The predicted molar refractivity (Wildman–Crippen MR) is 113 cm³/mol. The molecule has 0 radical (unpaired) electrons. The summed E-state index contributed by atoms with van der Waals surface area (Å²) in [7, 11) is -2.87. The lowest BCUT2D eigenvalue weighted by atomic mass is 9.95. The van der Waals surface area contributed by atoms with Gasteiger partial charge >= 0.3 is 7.82 Å². The van der Waals surface area contributed by atoms with Crippen molar-refractivity contribution in [2.75, 3.05) is 20.3 Å². The molecule has 1 unspecified atom stereocenters. The van der Waals surface area contributed by atoms with E-state index >= 15 is 0 Å². The number of amides is 1. The first-order valence-electron chi connectivity index (χ1n) is 9.53. The van der Waals surface area contributed by atoms with Crippen molar-refractivity contribution in [2.45, 2.75) is 25.7 Å². The molecule has 0 aliphatic heterocycles. The second-order valence-electron chi connectivity index (χ2n) is 6.67. The summed E-state index contributed by atoms with van der Waals surface area (Å²) in [6.45, 7) is 0.351. The van der Waals surface area contributed by atoms with Gasteiger partial charge in [-0.25, -0.2) is 4.57 Å². The maximum absolute atomic E-state index is 12.5. The van der Waals surface area contributed by atoms with Crippen molar-refractivity contribution < 1.29 is 24.7 Å². The standard InChI is InChI=1S/C21H25N2O5P.H2/c1-27-29(25,26)28-13-7-12-22-20(24)14-17-15-23-19-11-6-5-10-18(19)21(17)16-8-3-2-4-9-16;/h2-4,8-11,15H,5-7,12-14H2,1H3,(H,22,24)(H,25,26);1H. The van der Waals surface area contributed by atoms with Crippen LogP contribution in [0.5, 0.6) is 0 Å². The van der Waals surface area contributed by atoms with Crippen LogP contribution in [-0.2, 0) is 24.8 Å². The van der Waals surface area contributed by atoms with Gasteiger partial charge in [0.1, 0.15) is 0 Å². The van der Waals surface area contributed by atoms with Gasteiger partial charge in [-0.1, -0.05) is 42.5 Å². The number of carbonyl (C=O) groups is 1. The number of benzene rings is 1. The lowest BCUT2D eigenvalue weighted by molar-refractivity contribution is -0.120. The van der Waals surface area contributed by atoms with Crippen LogP contribution in [0.25, 0.3) is 23.3 Å². The molecule has 156 valence electrons. The second kappa shape index (κ2) is 9.94. The molecule has 8 heteroatoms. The summed E-state index contributed by atoms with van der Waals surface area (Å²) in [6.07, 6.45) is 8.63. The van der Waals surface area contributed by atoms with Gasteiger partial charge in [0.15, 0.2) is 0 Å². The molecule has 7 nitrogen and oxygen atoms in total. The SMILES string of the molecule is COP(=O)(O)OCCCNC(=O)Cc1cnc2c(c1-c1ccccc1)=CCCC=2.[HH]. The highest BCUT2D eigenvalue weighted by Crippen LogP contribution is 2.41. The molecule has 0 bridgehead atoms. The Labute approximate surface area is 171 Å². The number of rotatable bonds is 9. The minimum absolute atomic E-state index is 0. The average Bonchev–Trinajstić information content (AvgIpc) is 2.74. The molecule has 1 heterocycles. The van der Waals surface area contributed by atoms with Crippen molar-refractivity contribution in [3.8, 4) is 11.1 Å².